The van der Waals surface area contributed by atoms with Crippen molar-refractivity contribution in [3.63, 3.8) is 0 Å². The fraction of sp³-hybridized carbons (Fsp3) is 0.588. The molecular formula is C17H24N2O5. The fourth-order valence-electron chi connectivity index (χ4n) is 2.77. The number of carbonyl (C=O) groups excluding carboxylic acids is 3. The lowest BCUT2D eigenvalue weighted by atomic mass is 10.1. The number of methoxy groups -OCH3 is 1. The molecule has 1 atom stereocenters. The summed E-state index contributed by atoms with van der Waals surface area (Å²) in [7, 11) is 1.30. The molecule has 1 aliphatic rings. The molecule has 0 radical (unpaired) electrons. The Labute approximate surface area is 141 Å². The van der Waals surface area contributed by atoms with Crippen molar-refractivity contribution in [3.8, 4) is 0 Å². The van der Waals surface area contributed by atoms with E-state index in [0.29, 0.717) is 23.2 Å². The summed E-state index contributed by atoms with van der Waals surface area (Å²) in [5, 5.41) is 2.75. The SMILES string of the molecule is CCOC(=O)[C@H](NC(=O)c1[nH]c(CC)c(C(=O)OC)c1C)C1CC1. The second-order valence-corrected chi connectivity index (χ2v) is 5.86. The topological polar surface area (TPSA) is 97.5 Å². The van der Waals surface area contributed by atoms with Crippen LogP contribution in [0.4, 0.5) is 0 Å². The zero-order valence-corrected chi connectivity index (χ0v) is 14.5. The maximum absolute atomic E-state index is 12.6. The third kappa shape index (κ3) is 3.60. The number of rotatable bonds is 7. The largest absolute Gasteiger partial charge is 0.465 e. The molecule has 1 amide bonds. The number of carbonyl (C=O) groups is 3. The molecule has 0 unspecified atom stereocenters. The van der Waals surface area contributed by atoms with Crippen molar-refractivity contribution in [1.29, 1.82) is 0 Å². The van der Waals surface area contributed by atoms with Gasteiger partial charge in [0, 0.05) is 5.69 Å². The van der Waals surface area contributed by atoms with Crippen LogP contribution in [0, 0.1) is 12.8 Å². The van der Waals surface area contributed by atoms with Gasteiger partial charge < -0.3 is 19.8 Å². The molecule has 1 aliphatic carbocycles. The zero-order chi connectivity index (χ0) is 17.9. The number of esters is 2. The summed E-state index contributed by atoms with van der Waals surface area (Å²) in [5.41, 5.74) is 1.82. The Morgan fingerprint density at radius 1 is 1.29 bits per heavy atom. The van der Waals surface area contributed by atoms with Crippen molar-refractivity contribution in [3.05, 3.63) is 22.5 Å². The van der Waals surface area contributed by atoms with Crippen LogP contribution in [0.5, 0.6) is 0 Å². The average molecular weight is 336 g/mol. The summed E-state index contributed by atoms with van der Waals surface area (Å²) >= 11 is 0. The standard InChI is InChI=1S/C17H24N2O5/c1-5-11-12(16(21)23-4)9(3)13(18-11)15(20)19-14(10-7-8-10)17(22)24-6-2/h10,14,18H,5-8H2,1-4H3,(H,19,20)/t14-/m1/s1. The number of aryl methyl sites for hydroxylation is 1. The van der Waals surface area contributed by atoms with Gasteiger partial charge in [-0.15, -0.1) is 0 Å². The van der Waals surface area contributed by atoms with E-state index in [1.807, 2.05) is 6.92 Å². The highest BCUT2D eigenvalue weighted by atomic mass is 16.5. The predicted octanol–water partition coefficient (Wildman–Crippen LogP) is 1.74. The van der Waals surface area contributed by atoms with E-state index < -0.39 is 23.9 Å². The first-order chi connectivity index (χ1) is 11.4. The van der Waals surface area contributed by atoms with Crippen LogP contribution >= 0.6 is 0 Å². The minimum Gasteiger partial charge on any atom is -0.465 e. The quantitative estimate of drug-likeness (QED) is 0.739. The third-order valence-corrected chi connectivity index (χ3v) is 4.22. The Bertz CT molecular complexity index is 646. The van der Waals surface area contributed by atoms with Crippen molar-refractivity contribution in [2.75, 3.05) is 13.7 Å². The second-order valence-electron chi connectivity index (χ2n) is 5.86. The Morgan fingerprint density at radius 2 is 1.96 bits per heavy atom. The highest BCUT2D eigenvalue weighted by Crippen LogP contribution is 2.33. The monoisotopic (exact) mass is 336 g/mol. The van der Waals surface area contributed by atoms with E-state index >= 15 is 0 Å². The first-order valence-corrected chi connectivity index (χ1v) is 8.21. The summed E-state index contributed by atoms with van der Waals surface area (Å²) in [6, 6.07) is -0.646. The molecule has 1 fully saturated rings. The van der Waals surface area contributed by atoms with Gasteiger partial charge in [0.15, 0.2) is 0 Å². The average Bonchev–Trinajstić information content (AvgIpc) is 3.34. The molecule has 1 aromatic heterocycles. The van der Waals surface area contributed by atoms with E-state index in [1.165, 1.54) is 7.11 Å². The van der Waals surface area contributed by atoms with Gasteiger partial charge >= 0.3 is 11.9 Å². The Hall–Kier alpha value is -2.31. The predicted molar refractivity (Wildman–Crippen MR) is 86.9 cm³/mol. The Kier molecular flexibility index (Phi) is 5.64. The summed E-state index contributed by atoms with van der Waals surface area (Å²) in [4.78, 5) is 39.6. The highest BCUT2D eigenvalue weighted by Gasteiger charge is 2.39. The van der Waals surface area contributed by atoms with Crippen LogP contribution in [-0.2, 0) is 20.7 Å². The van der Waals surface area contributed by atoms with Crippen molar-refractivity contribution in [2.24, 2.45) is 5.92 Å². The normalized spacial score (nSPS) is 14.8. The Morgan fingerprint density at radius 3 is 2.46 bits per heavy atom. The van der Waals surface area contributed by atoms with Crippen LogP contribution in [0.2, 0.25) is 0 Å². The molecule has 1 saturated carbocycles. The molecule has 0 aromatic carbocycles. The van der Waals surface area contributed by atoms with Gasteiger partial charge in [0.2, 0.25) is 0 Å². The van der Waals surface area contributed by atoms with Gasteiger partial charge in [0.05, 0.1) is 19.3 Å². The van der Waals surface area contributed by atoms with E-state index in [4.69, 9.17) is 9.47 Å². The van der Waals surface area contributed by atoms with Gasteiger partial charge in [-0.3, -0.25) is 4.79 Å². The van der Waals surface area contributed by atoms with Crippen LogP contribution in [0.3, 0.4) is 0 Å². The number of hydrogen-bond donors (Lipinski definition) is 2. The molecule has 1 heterocycles. The first-order valence-electron chi connectivity index (χ1n) is 8.21. The molecule has 1 aromatic rings. The fourth-order valence-corrected chi connectivity index (χ4v) is 2.77. The van der Waals surface area contributed by atoms with E-state index in [1.54, 1.807) is 13.8 Å². The van der Waals surface area contributed by atoms with Gasteiger partial charge in [-0.25, -0.2) is 9.59 Å². The number of aromatic amines is 1. The van der Waals surface area contributed by atoms with Gasteiger partial charge in [-0.05, 0) is 44.6 Å². The number of H-pyrrole nitrogens is 1. The second kappa shape index (κ2) is 7.51. The molecule has 7 heteroatoms. The highest BCUT2D eigenvalue weighted by molar-refractivity contribution is 6.01. The smallest absolute Gasteiger partial charge is 0.339 e. The van der Waals surface area contributed by atoms with Gasteiger partial charge in [0.25, 0.3) is 5.91 Å². The molecule has 0 spiro atoms. The summed E-state index contributed by atoms with van der Waals surface area (Å²) in [6.07, 6.45) is 2.34. The maximum atomic E-state index is 12.6. The first kappa shape index (κ1) is 18.0. The number of aromatic nitrogens is 1. The Balaban J connectivity index is 2.24. The van der Waals surface area contributed by atoms with E-state index in [0.717, 1.165) is 12.8 Å². The lowest BCUT2D eigenvalue weighted by molar-refractivity contribution is -0.146. The third-order valence-electron chi connectivity index (χ3n) is 4.22. The number of amides is 1. The molecule has 0 aliphatic heterocycles. The van der Waals surface area contributed by atoms with Gasteiger partial charge in [-0.2, -0.15) is 0 Å². The number of hydrogen-bond acceptors (Lipinski definition) is 5. The van der Waals surface area contributed by atoms with Crippen molar-refractivity contribution >= 4 is 17.8 Å². The number of nitrogens with one attached hydrogen (secondary N) is 2. The molecule has 24 heavy (non-hydrogen) atoms. The van der Waals surface area contributed by atoms with Crippen molar-refractivity contribution < 1.29 is 23.9 Å². The lowest BCUT2D eigenvalue weighted by Crippen LogP contribution is -2.43. The van der Waals surface area contributed by atoms with Crippen LogP contribution in [0.1, 0.15) is 58.8 Å². The minimum atomic E-state index is -0.646. The van der Waals surface area contributed by atoms with Crippen molar-refractivity contribution in [2.45, 2.75) is 46.1 Å². The van der Waals surface area contributed by atoms with Crippen molar-refractivity contribution in [1.82, 2.24) is 10.3 Å². The molecule has 7 nitrogen and oxygen atoms in total. The molecular weight excluding hydrogens is 312 g/mol. The summed E-state index contributed by atoms with van der Waals surface area (Å²) in [5.74, 6) is -1.19. The van der Waals surface area contributed by atoms with Crippen LogP contribution in [0.25, 0.3) is 0 Å². The summed E-state index contributed by atoms with van der Waals surface area (Å²) < 4.78 is 9.83. The van der Waals surface area contributed by atoms with E-state index in [-0.39, 0.29) is 18.2 Å². The zero-order valence-electron chi connectivity index (χ0n) is 14.5. The van der Waals surface area contributed by atoms with Crippen LogP contribution in [0.15, 0.2) is 0 Å². The van der Waals surface area contributed by atoms with Gasteiger partial charge in [-0.1, -0.05) is 6.92 Å². The summed E-state index contributed by atoms with van der Waals surface area (Å²) in [6.45, 7) is 5.57. The maximum Gasteiger partial charge on any atom is 0.339 e. The van der Waals surface area contributed by atoms with E-state index in [2.05, 4.69) is 10.3 Å². The van der Waals surface area contributed by atoms with Gasteiger partial charge in [0.1, 0.15) is 11.7 Å². The molecule has 0 bridgehead atoms. The number of ether oxygens (including phenoxy) is 2. The van der Waals surface area contributed by atoms with Crippen LogP contribution in [-0.4, -0.2) is 42.6 Å². The lowest BCUT2D eigenvalue weighted by Gasteiger charge is -2.16. The van der Waals surface area contributed by atoms with E-state index in [9.17, 15) is 14.4 Å². The molecule has 0 saturated heterocycles. The molecule has 2 rings (SSSR count). The minimum absolute atomic E-state index is 0.119. The molecule has 132 valence electrons. The molecule has 2 N–H and O–H groups in total. The van der Waals surface area contributed by atoms with Crippen LogP contribution < -0.4 is 5.32 Å².